The molecule has 6 nitrogen and oxygen atoms in total. The van der Waals surface area contributed by atoms with Crippen molar-refractivity contribution >= 4 is 35.9 Å². The van der Waals surface area contributed by atoms with Crippen LogP contribution in [-0.4, -0.2) is 23.5 Å². The number of rotatable bonds is 5. The van der Waals surface area contributed by atoms with E-state index in [1.54, 1.807) is 0 Å². The van der Waals surface area contributed by atoms with Gasteiger partial charge in [-0.2, -0.15) is 0 Å². The summed E-state index contributed by atoms with van der Waals surface area (Å²) in [5.74, 6) is -1.04. The van der Waals surface area contributed by atoms with Gasteiger partial charge in [0.1, 0.15) is 6.04 Å². The highest BCUT2D eigenvalue weighted by Gasteiger charge is 2.18. The highest BCUT2D eigenvalue weighted by Crippen LogP contribution is 2.33. The van der Waals surface area contributed by atoms with Crippen molar-refractivity contribution in [1.29, 1.82) is 0 Å². The summed E-state index contributed by atoms with van der Waals surface area (Å²) in [5, 5.41) is 11.2. The van der Waals surface area contributed by atoms with Crippen molar-refractivity contribution in [1.82, 2.24) is 5.32 Å². The number of hydrogen-bond donors (Lipinski definition) is 4. The number of benzene rings is 1. The molecule has 1 aromatic rings. The number of fused-ring (bicyclic) bond motifs is 1. The maximum absolute atomic E-state index is 10.9. The summed E-state index contributed by atoms with van der Waals surface area (Å²) in [5.41, 5.74) is 2.74. The molecule has 1 aliphatic rings. The third kappa shape index (κ3) is 2.62. The molecule has 0 fully saturated rings. The van der Waals surface area contributed by atoms with Gasteiger partial charge in [0, 0.05) is 6.42 Å². The molecule has 0 radical (unpaired) electrons. The van der Waals surface area contributed by atoms with Crippen LogP contribution in [0.3, 0.4) is 0 Å². The average molecular weight is 253 g/mol. The fourth-order valence-electron chi connectivity index (χ4n) is 1.56. The molecule has 0 bridgehead atoms. The number of carbonyl (C=O) groups excluding carboxylic acids is 1. The Morgan fingerprint density at radius 2 is 2.24 bits per heavy atom. The van der Waals surface area contributed by atoms with Crippen molar-refractivity contribution in [3.8, 4) is 0 Å². The van der Waals surface area contributed by atoms with E-state index in [-0.39, 0.29) is 6.42 Å². The summed E-state index contributed by atoms with van der Waals surface area (Å²) in [6.45, 7) is 0. The first-order valence-corrected chi connectivity index (χ1v) is 5.75. The molecule has 0 saturated heterocycles. The van der Waals surface area contributed by atoms with Crippen LogP contribution in [0.5, 0.6) is 0 Å². The van der Waals surface area contributed by atoms with Gasteiger partial charge in [-0.1, -0.05) is 6.07 Å². The SMILES string of the molecule is O=CNC(Cc1ccc2c(c1)NSN2)C(=O)O. The molecular formula is C10H11N3O3S. The van der Waals surface area contributed by atoms with Crippen molar-refractivity contribution in [3.05, 3.63) is 23.8 Å². The molecule has 0 spiro atoms. The number of aliphatic carboxylic acids is 1. The molecule has 0 saturated carbocycles. The van der Waals surface area contributed by atoms with E-state index in [4.69, 9.17) is 5.11 Å². The van der Waals surface area contributed by atoms with Crippen molar-refractivity contribution in [2.75, 3.05) is 9.44 Å². The fraction of sp³-hybridized carbons (Fsp3) is 0.200. The van der Waals surface area contributed by atoms with E-state index in [1.165, 1.54) is 12.1 Å². The van der Waals surface area contributed by atoms with Crippen LogP contribution in [-0.2, 0) is 16.0 Å². The minimum Gasteiger partial charge on any atom is -0.480 e. The van der Waals surface area contributed by atoms with Gasteiger partial charge in [-0.3, -0.25) is 4.79 Å². The van der Waals surface area contributed by atoms with E-state index >= 15 is 0 Å². The standard InChI is InChI=1S/C10H11N3O3S/c14-5-11-9(10(15)16)4-6-1-2-7-8(3-6)13-17-12-7/h1-3,5,9,12-13H,4H2,(H,11,14)(H,15,16). The van der Waals surface area contributed by atoms with Crippen LogP contribution in [0.4, 0.5) is 11.4 Å². The first-order chi connectivity index (χ1) is 8.20. The fourth-order valence-corrected chi connectivity index (χ4v) is 2.18. The van der Waals surface area contributed by atoms with Crippen molar-refractivity contribution < 1.29 is 14.7 Å². The molecule has 1 aromatic carbocycles. The molecule has 0 aromatic heterocycles. The molecule has 90 valence electrons. The van der Waals surface area contributed by atoms with E-state index in [9.17, 15) is 9.59 Å². The molecule has 1 atom stereocenters. The summed E-state index contributed by atoms with van der Waals surface area (Å²) in [6.07, 6.45) is 0.662. The molecule has 2 rings (SSSR count). The Bertz CT molecular complexity index is 452. The zero-order valence-corrected chi connectivity index (χ0v) is 9.58. The van der Waals surface area contributed by atoms with E-state index in [0.29, 0.717) is 6.41 Å². The van der Waals surface area contributed by atoms with Gasteiger partial charge >= 0.3 is 5.97 Å². The predicted octanol–water partition coefficient (Wildman–Crippen LogP) is 0.829. The van der Waals surface area contributed by atoms with Crippen molar-refractivity contribution in [3.63, 3.8) is 0 Å². The number of anilines is 2. The van der Waals surface area contributed by atoms with E-state index in [1.807, 2.05) is 18.2 Å². The summed E-state index contributed by atoms with van der Waals surface area (Å²) in [7, 11) is 0. The predicted molar refractivity (Wildman–Crippen MR) is 65.6 cm³/mol. The van der Waals surface area contributed by atoms with Crippen molar-refractivity contribution in [2.24, 2.45) is 0 Å². The van der Waals surface area contributed by atoms with Gasteiger partial charge in [0.2, 0.25) is 6.41 Å². The Kier molecular flexibility index (Phi) is 3.38. The number of carboxylic acid groups (broad SMARTS) is 1. The third-order valence-corrected chi connectivity index (χ3v) is 3.06. The van der Waals surface area contributed by atoms with Gasteiger partial charge < -0.3 is 19.9 Å². The topological polar surface area (TPSA) is 90.5 Å². The Labute approximate surface area is 102 Å². The van der Waals surface area contributed by atoms with Crippen LogP contribution in [0.15, 0.2) is 18.2 Å². The van der Waals surface area contributed by atoms with Crippen LogP contribution in [0, 0.1) is 0 Å². The minimum absolute atomic E-state index is 0.258. The van der Waals surface area contributed by atoms with Gasteiger partial charge in [-0.15, -0.1) is 0 Å². The first-order valence-electron chi connectivity index (χ1n) is 4.94. The maximum atomic E-state index is 10.9. The number of nitrogens with one attached hydrogen (secondary N) is 3. The van der Waals surface area contributed by atoms with E-state index < -0.39 is 12.0 Å². The number of carbonyl (C=O) groups is 2. The molecule has 4 N–H and O–H groups in total. The maximum Gasteiger partial charge on any atom is 0.326 e. The second kappa shape index (κ2) is 4.96. The summed E-state index contributed by atoms with van der Waals surface area (Å²) < 4.78 is 6.09. The lowest BCUT2D eigenvalue weighted by Crippen LogP contribution is -2.37. The number of amides is 1. The summed E-state index contributed by atoms with van der Waals surface area (Å²) in [6, 6.07) is 4.68. The smallest absolute Gasteiger partial charge is 0.326 e. The largest absolute Gasteiger partial charge is 0.480 e. The van der Waals surface area contributed by atoms with Gasteiger partial charge in [-0.05, 0) is 17.7 Å². The molecule has 17 heavy (non-hydrogen) atoms. The highest BCUT2D eigenvalue weighted by atomic mass is 32.2. The van der Waals surface area contributed by atoms with Crippen LogP contribution >= 0.6 is 12.1 Å². The van der Waals surface area contributed by atoms with Gasteiger partial charge in [0.05, 0.1) is 23.5 Å². The summed E-state index contributed by atoms with van der Waals surface area (Å²) in [4.78, 5) is 21.2. The molecular weight excluding hydrogens is 242 g/mol. The van der Waals surface area contributed by atoms with E-state index in [2.05, 4.69) is 14.8 Å². The second-order valence-electron chi connectivity index (χ2n) is 3.57. The zero-order chi connectivity index (χ0) is 12.3. The highest BCUT2D eigenvalue weighted by molar-refractivity contribution is 8.02. The summed E-state index contributed by atoms with van der Waals surface area (Å²) >= 11 is 1.36. The van der Waals surface area contributed by atoms with Crippen LogP contribution in [0.25, 0.3) is 0 Å². The Morgan fingerprint density at radius 3 is 2.94 bits per heavy atom. The quantitative estimate of drug-likeness (QED) is 0.459. The minimum atomic E-state index is -1.04. The molecule has 7 heteroatoms. The monoisotopic (exact) mass is 253 g/mol. The Balaban J connectivity index is 2.12. The Hall–Kier alpha value is -1.89. The van der Waals surface area contributed by atoms with Gasteiger partial charge in [-0.25, -0.2) is 4.79 Å². The lowest BCUT2D eigenvalue weighted by Gasteiger charge is -2.11. The van der Waals surface area contributed by atoms with Crippen LogP contribution < -0.4 is 14.8 Å². The van der Waals surface area contributed by atoms with Crippen LogP contribution in [0.1, 0.15) is 5.56 Å². The lowest BCUT2D eigenvalue weighted by atomic mass is 10.0. The normalized spacial score (nSPS) is 14.1. The van der Waals surface area contributed by atoms with Crippen LogP contribution in [0.2, 0.25) is 0 Å². The van der Waals surface area contributed by atoms with Gasteiger partial charge in [0.15, 0.2) is 0 Å². The van der Waals surface area contributed by atoms with E-state index in [0.717, 1.165) is 16.9 Å². The average Bonchev–Trinajstić information content (AvgIpc) is 2.75. The Morgan fingerprint density at radius 1 is 1.47 bits per heavy atom. The first kappa shape index (κ1) is 11.6. The molecule has 1 aliphatic heterocycles. The number of hydrogen-bond acceptors (Lipinski definition) is 5. The van der Waals surface area contributed by atoms with Gasteiger partial charge in [0.25, 0.3) is 0 Å². The molecule has 1 amide bonds. The number of carboxylic acids is 1. The van der Waals surface area contributed by atoms with Crippen molar-refractivity contribution in [2.45, 2.75) is 12.5 Å². The molecule has 1 heterocycles. The lowest BCUT2D eigenvalue weighted by molar-refractivity contribution is -0.140. The second-order valence-corrected chi connectivity index (χ2v) is 4.18. The third-order valence-electron chi connectivity index (χ3n) is 2.41. The molecule has 1 unspecified atom stereocenters. The molecule has 0 aliphatic carbocycles. The zero-order valence-electron chi connectivity index (χ0n) is 8.77.